The largest absolute Gasteiger partial charge is 0.387 e. The first-order valence-electron chi connectivity index (χ1n) is 5.66. The Balaban J connectivity index is 1.84. The lowest BCUT2D eigenvalue weighted by atomic mass is 10.2. The van der Waals surface area contributed by atoms with E-state index in [4.69, 9.17) is 0 Å². The normalized spacial score (nSPS) is 11.9. The molecule has 2 rings (SSSR count). The number of para-hydroxylation sites is 1. The van der Waals surface area contributed by atoms with Crippen molar-refractivity contribution >= 4 is 23.1 Å². The Labute approximate surface area is 113 Å². The standard InChI is InChI=1S/C13H13FN2O2S/c14-10-3-1-2-4-11(10)16-13(18)15-7-12(17)9-5-6-19-8-9/h1-6,8,12,17H,7H2,(H2,15,16,18). The number of anilines is 1. The SMILES string of the molecule is O=C(NCC(O)c1ccsc1)Nc1ccccc1F. The fourth-order valence-corrected chi connectivity index (χ4v) is 2.21. The van der Waals surface area contributed by atoms with Crippen LogP contribution in [0.5, 0.6) is 0 Å². The molecule has 1 atom stereocenters. The summed E-state index contributed by atoms with van der Waals surface area (Å²) in [6.45, 7) is 0.0665. The molecule has 1 aromatic carbocycles. The second kappa shape index (κ2) is 6.31. The first kappa shape index (κ1) is 13.5. The number of carbonyl (C=O) groups is 1. The summed E-state index contributed by atoms with van der Waals surface area (Å²) in [6, 6.07) is 7.11. The minimum atomic E-state index is -0.766. The van der Waals surface area contributed by atoms with Crippen molar-refractivity contribution in [3.63, 3.8) is 0 Å². The number of amides is 2. The van der Waals surface area contributed by atoms with Crippen molar-refractivity contribution in [2.24, 2.45) is 0 Å². The maximum atomic E-state index is 13.3. The van der Waals surface area contributed by atoms with Gasteiger partial charge in [-0.15, -0.1) is 0 Å². The molecule has 0 saturated carbocycles. The molecule has 0 fully saturated rings. The molecule has 3 N–H and O–H groups in total. The predicted molar refractivity (Wildman–Crippen MR) is 72.7 cm³/mol. The van der Waals surface area contributed by atoms with Crippen LogP contribution >= 0.6 is 11.3 Å². The van der Waals surface area contributed by atoms with Gasteiger partial charge in [-0.05, 0) is 34.5 Å². The van der Waals surface area contributed by atoms with Crippen LogP contribution in [0.1, 0.15) is 11.7 Å². The maximum absolute atomic E-state index is 13.3. The Kier molecular flexibility index (Phi) is 4.48. The highest BCUT2D eigenvalue weighted by Crippen LogP contribution is 2.15. The number of nitrogens with one attached hydrogen (secondary N) is 2. The van der Waals surface area contributed by atoms with Crippen molar-refractivity contribution in [2.45, 2.75) is 6.10 Å². The van der Waals surface area contributed by atoms with Gasteiger partial charge in [-0.2, -0.15) is 11.3 Å². The Hall–Kier alpha value is -1.92. The lowest BCUT2D eigenvalue weighted by Crippen LogP contribution is -2.32. The number of aliphatic hydroxyl groups is 1. The molecule has 0 spiro atoms. The van der Waals surface area contributed by atoms with E-state index in [1.54, 1.807) is 23.6 Å². The van der Waals surface area contributed by atoms with Crippen LogP contribution < -0.4 is 10.6 Å². The summed E-state index contributed by atoms with van der Waals surface area (Å²) in [5.74, 6) is -0.504. The summed E-state index contributed by atoms with van der Waals surface area (Å²) >= 11 is 1.47. The molecule has 1 aromatic heterocycles. The van der Waals surface area contributed by atoms with E-state index in [2.05, 4.69) is 10.6 Å². The quantitative estimate of drug-likeness (QED) is 0.806. The van der Waals surface area contributed by atoms with Gasteiger partial charge in [-0.25, -0.2) is 9.18 Å². The van der Waals surface area contributed by atoms with Crippen molar-refractivity contribution in [2.75, 3.05) is 11.9 Å². The van der Waals surface area contributed by atoms with E-state index >= 15 is 0 Å². The van der Waals surface area contributed by atoms with Gasteiger partial charge >= 0.3 is 6.03 Å². The van der Waals surface area contributed by atoms with E-state index in [1.807, 2.05) is 5.38 Å². The fraction of sp³-hybridized carbons (Fsp3) is 0.154. The summed E-state index contributed by atoms with van der Waals surface area (Å²) in [4.78, 5) is 11.5. The minimum absolute atomic E-state index is 0.0665. The van der Waals surface area contributed by atoms with Crippen LogP contribution in [0.25, 0.3) is 0 Å². The summed E-state index contributed by atoms with van der Waals surface area (Å²) in [7, 11) is 0. The first-order valence-corrected chi connectivity index (χ1v) is 6.60. The Bertz CT molecular complexity index is 545. The first-order chi connectivity index (χ1) is 9.16. The molecule has 19 heavy (non-hydrogen) atoms. The van der Waals surface area contributed by atoms with Crippen molar-refractivity contribution in [3.05, 3.63) is 52.5 Å². The zero-order valence-corrected chi connectivity index (χ0v) is 10.8. The van der Waals surface area contributed by atoms with E-state index in [1.165, 1.54) is 23.5 Å². The van der Waals surface area contributed by atoms with E-state index in [0.29, 0.717) is 0 Å². The van der Waals surface area contributed by atoms with E-state index < -0.39 is 18.0 Å². The van der Waals surface area contributed by atoms with Gasteiger partial charge in [0.1, 0.15) is 5.82 Å². The van der Waals surface area contributed by atoms with Crippen molar-refractivity contribution in [1.82, 2.24) is 5.32 Å². The van der Waals surface area contributed by atoms with Crippen molar-refractivity contribution in [3.8, 4) is 0 Å². The lowest BCUT2D eigenvalue weighted by Gasteiger charge is -2.11. The van der Waals surface area contributed by atoms with Crippen LogP contribution in [0, 0.1) is 5.82 Å². The molecule has 2 aromatic rings. The Morgan fingerprint density at radius 1 is 1.37 bits per heavy atom. The molecule has 2 amide bonds. The average Bonchev–Trinajstić information content (AvgIpc) is 2.93. The molecular weight excluding hydrogens is 267 g/mol. The number of hydrogen-bond donors (Lipinski definition) is 3. The monoisotopic (exact) mass is 280 g/mol. The average molecular weight is 280 g/mol. The summed E-state index contributed by atoms with van der Waals surface area (Å²) < 4.78 is 13.3. The van der Waals surface area contributed by atoms with E-state index in [9.17, 15) is 14.3 Å². The smallest absolute Gasteiger partial charge is 0.319 e. The Morgan fingerprint density at radius 2 is 2.16 bits per heavy atom. The number of carbonyl (C=O) groups excluding carboxylic acids is 1. The van der Waals surface area contributed by atoms with E-state index in [-0.39, 0.29) is 12.2 Å². The second-order valence-corrected chi connectivity index (χ2v) is 4.67. The molecule has 1 unspecified atom stereocenters. The van der Waals surface area contributed by atoms with Crippen LogP contribution in [0.3, 0.4) is 0 Å². The third-order valence-corrected chi connectivity index (χ3v) is 3.21. The van der Waals surface area contributed by atoms with Gasteiger partial charge in [-0.1, -0.05) is 12.1 Å². The molecule has 100 valence electrons. The van der Waals surface area contributed by atoms with Gasteiger partial charge < -0.3 is 15.7 Å². The van der Waals surface area contributed by atoms with Gasteiger partial charge in [0, 0.05) is 6.54 Å². The molecule has 0 bridgehead atoms. The third-order valence-electron chi connectivity index (χ3n) is 2.51. The summed E-state index contributed by atoms with van der Waals surface area (Å²) in [5.41, 5.74) is 0.848. The van der Waals surface area contributed by atoms with Gasteiger partial charge in [0.05, 0.1) is 11.8 Å². The minimum Gasteiger partial charge on any atom is -0.387 e. The molecule has 0 aliphatic rings. The summed E-state index contributed by atoms with van der Waals surface area (Å²) in [6.07, 6.45) is -0.766. The van der Waals surface area contributed by atoms with Gasteiger partial charge in [0.2, 0.25) is 0 Å². The molecule has 1 heterocycles. The van der Waals surface area contributed by atoms with Crippen LogP contribution in [0.2, 0.25) is 0 Å². The number of thiophene rings is 1. The molecule has 4 nitrogen and oxygen atoms in total. The lowest BCUT2D eigenvalue weighted by molar-refractivity contribution is 0.175. The van der Waals surface area contributed by atoms with E-state index in [0.717, 1.165) is 5.56 Å². The van der Waals surface area contributed by atoms with Gasteiger partial charge in [0.25, 0.3) is 0 Å². The molecule has 0 aliphatic carbocycles. The zero-order valence-electron chi connectivity index (χ0n) is 9.97. The number of aliphatic hydroxyl groups excluding tert-OH is 1. The van der Waals surface area contributed by atoms with Gasteiger partial charge in [-0.3, -0.25) is 0 Å². The van der Waals surface area contributed by atoms with Gasteiger partial charge in [0.15, 0.2) is 0 Å². The third kappa shape index (κ3) is 3.77. The van der Waals surface area contributed by atoms with Crippen LogP contribution in [0.15, 0.2) is 41.1 Å². The molecular formula is C13H13FN2O2S. The van der Waals surface area contributed by atoms with Crippen LogP contribution in [-0.4, -0.2) is 17.7 Å². The fourth-order valence-electron chi connectivity index (χ4n) is 1.50. The van der Waals surface area contributed by atoms with Crippen LogP contribution in [0.4, 0.5) is 14.9 Å². The van der Waals surface area contributed by atoms with Crippen LogP contribution in [-0.2, 0) is 0 Å². The molecule has 0 radical (unpaired) electrons. The highest BCUT2D eigenvalue weighted by atomic mass is 32.1. The Morgan fingerprint density at radius 3 is 2.84 bits per heavy atom. The predicted octanol–water partition coefficient (Wildman–Crippen LogP) is 2.74. The second-order valence-electron chi connectivity index (χ2n) is 3.89. The molecule has 0 aliphatic heterocycles. The number of benzene rings is 1. The topological polar surface area (TPSA) is 61.4 Å². The maximum Gasteiger partial charge on any atom is 0.319 e. The number of hydrogen-bond acceptors (Lipinski definition) is 3. The number of urea groups is 1. The highest BCUT2D eigenvalue weighted by Gasteiger charge is 2.10. The van der Waals surface area contributed by atoms with Crippen molar-refractivity contribution in [1.29, 1.82) is 0 Å². The molecule has 0 saturated heterocycles. The van der Waals surface area contributed by atoms with Crippen molar-refractivity contribution < 1.29 is 14.3 Å². The number of halogens is 1. The zero-order chi connectivity index (χ0) is 13.7. The molecule has 6 heteroatoms. The summed E-state index contributed by atoms with van der Waals surface area (Å²) in [5, 5.41) is 18.3. The number of rotatable bonds is 4. The highest BCUT2D eigenvalue weighted by molar-refractivity contribution is 7.07.